The molecule has 1 fully saturated rings. The molecule has 0 aromatic heterocycles. The van der Waals surface area contributed by atoms with Gasteiger partial charge in [-0.2, -0.15) is 0 Å². The topological polar surface area (TPSA) is 0 Å². The van der Waals surface area contributed by atoms with Gasteiger partial charge in [0.1, 0.15) is 0 Å². The molecule has 6 heavy (non-hydrogen) atoms. The van der Waals surface area contributed by atoms with E-state index in [1.165, 1.54) is 32.1 Å². The number of hydrogen-bond acceptors (Lipinski definition) is 0. The summed E-state index contributed by atoms with van der Waals surface area (Å²) in [6.45, 7) is 0. The summed E-state index contributed by atoms with van der Waals surface area (Å²) in [4.78, 5) is 0. The summed E-state index contributed by atoms with van der Waals surface area (Å²) in [5.41, 5.74) is 0. The van der Waals surface area contributed by atoms with Crippen molar-refractivity contribution >= 4 is 0 Å². The molecule has 0 aliphatic heterocycles. The third-order valence-corrected chi connectivity index (χ3v) is 1.25. The average molecular weight is 74.1 g/mol. The predicted octanol–water partition coefficient (Wildman–Crippen LogP) is 1.95. The molecule has 0 unspecified atom stereocenters. The van der Waals surface area contributed by atoms with Crippen LogP contribution in [0.15, 0.2) is 0 Å². The van der Waals surface area contributed by atoms with Crippen molar-refractivity contribution in [3.63, 3.8) is 0 Å². The summed E-state index contributed by atoms with van der Waals surface area (Å²) in [5.74, 6) is 0. The molecule has 0 bridgehead atoms. The van der Waals surface area contributed by atoms with E-state index in [0.29, 0.717) is 0 Å². The molecular formula is C5H10He. The number of rotatable bonds is 0. The average Bonchev–Trinajstić information content (AvgIpc) is 1.76. The van der Waals surface area contributed by atoms with Gasteiger partial charge in [0.05, 0.1) is 0 Å². The third-order valence-electron chi connectivity index (χ3n) is 1.25. The molecule has 0 radical (unpaired) electrons. The Labute approximate surface area is 39.3 Å². The molecule has 0 amide bonds. The molecule has 32 valence electrons. The quantitative estimate of drug-likeness (QED) is 0.412. The number of hydrogen-bond donors (Lipinski definition) is 0. The van der Waals surface area contributed by atoms with Crippen LogP contribution in [0.25, 0.3) is 0 Å². The molecule has 0 heterocycles. The summed E-state index contributed by atoms with van der Waals surface area (Å²) in [6.07, 6.45) is 7.50. The van der Waals surface area contributed by atoms with Gasteiger partial charge in [0, 0.05) is 6.15 Å². The fourth-order valence-electron chi connectivity index (χ4n) is 0.884. The van der Waals surface area contributed by atoms with Crippen LogP contribution < -0.4 is 0 Å². The second kappa shape index (κ2) is 3.11. The first-order valence-electron chi connectivity index (χ1n) is 2.50. The largest absolute Gasteiger partial charge is 0.0533 e. The maximum atomic E-state index is 1.50. The Morgan fingerprint density at radius 1 is 0.500 bits per heavy atom. The Kier molecular flexibility index (Phi) is 3.07. The van der Waals surface area contributed by atoms with Gasteiger partial charge in [0.2, 0.25) is 0 Å². The molecule has 1 heteroatoms. The first-order valence-corrected chi connectivity index (χ1v) is 2.50. The first-order chi connectivity index (χ1) is 2.50. The molecule has 0 N–H and O–H groups in total. The van der Waals surface area contributed by atoms with Gasteiger partial charge in [-0.05, 0) is 0 Å². The SMILES string of the molecule is C1CCCC1.[He]. The van der Waals surface area contributed by atoms with Crippen molar-refractivity contribution in [3.05, 3.63) is 0 Å². The van der Waals surface area contributed by atoms with E-state index < -0.39 is 0 Å². The fraction of sp³-hybridized carbons (Fsp3) is 1.00. The Morgan fingerprint density at radius 3 is 0.833 bits per heavy atom. The Bertz CT molecular complexity index is 15.5. The van der Waals surface area contributed by atoms with Gasteiger partial charge < -0.3 is 0 Å². The summed E-state index contributed by atoms with van der Waals surface area (Å²) in [7, 11) is 0. The van der Waals surface area contributed by atoms with Crippen LogP contribution in [-0.4, -0.2) is 0 Å². The van der Waals surface area contributed by atoms with Crippen LogP contribution >= 0.6 is 0 Å². The zero-order valence-corrected chi connectivity index (χ0v) is 4.24. The molecule has 1 rings (SSSR count). The van der Waals surface area contributed by atoms with Crippen molar-refractivity contribution in [2.45, 2.75) is 32.1 Å². The molecule has 0 atom stereocenters. The smallest absolute Gasteiger partial charge is 0 e. The predicted molar refractivity (Wildman–Crippen MR) is 23.1 cm³/mol. The molecule has 0 nitrogen and oxygen atoms in total. The van der Waals surface area contributed by atoms with E-state index in [1.807, 2.05) is 0 Å². The minimum absolute atomic E-state index is 0. The van der Waals surface area contributed by atoms with Gasteiger partial charge in [0.25, 0.3) is 0 Å². The summed E-state index contributed by atoms with van der Waals surface area (Å²) >= 11 is 0. The molecule has 1 aliphatic rings. The van der Waals surface area contributed by atoms with Gasteiger partial charge >= 0.3 is 0 Å². The normalized spacial score (nSPS) is 20.0. The zero-order valence-electron chi connectivity index (χ0n) is 4.24. The Morgan fingerprint density at radius 2 is 0.667 bits per heavy atom. The van der Waals surface area contributed by atoms with E-state index in [9.17, 15) is 0 Å². The van der Waals surface area contributed by atoms with Crippen LogP contribution in [0.5, 0.6) is 0 Å². The van der Waals surface area contributed by atoms with Crippen molar-refractivity contribution in [1.29, 1.82) is 0 Å². The minimum atomic E-state index is 0. The monoisotopic (exact) mass is 74.1 g/mol. The van der Waals surface area contributed by atoms with Gasteiger partial charge in [0.15, 0.2) is 0 Å². The molecule has 0 aromatic rings. The molecule has 1 saturated carbocycles. The molecule has 0 aromatic carbocycles. The van der Waals surface area contributed by atoms with Crippen molar-refractivity contribution in [1.82, 2.24) is 0 Å². The molecular weight excluding hydrogens is 64.1 g/mol. The van der Waals surface area contributed by atoms with Gasteiger partial charge in [-0.1, -0.05) is 32.1 Å². The van der Waals surface area contributed by atoms with E-state index in [-0.39, 0.29) is 6.15 Å². The van der Waals surface area contributed by atoms with Crippen molar-refractivity contribution in [2.24, 2.45) is 0 Å². The molecule has 0 spiro atoms. The van der Waals surface area contributed by atoms with E-state index in [0.717, 1.165) is 0 Å². The first kappa shape index (κ1) is 5.91. The fourth-order valence-corrected chi connectivity index (χ4v) is 0.884. The molecule has 0 saturated heterocycles. The standard InChI is InChI=1S/C5H10.He/c1-2-4-5-3-1;/h1-5H2;. The van der Waals surface area contributed by atoms with Crippen LogP contribution in [0, 0.1) is 6.15 Å². The second-order valence-electron chi connectivity index (χ2n) is 1.77. The third kappa shape index (κ3) is 1.37. The van der Waals surface area contributed by atoms with Crippen LogP contribution in [0.2, 0.25) is 0 Å². The van der Waals surface area contributed by atoms with Crippen molar-refractivity contribution in [2.75, 3.05) is 0 Å². The summed E-state index contributed by atoms with van der Waals surface area (Å²) in [6, 6.07) is 0. The van der Waals surface area contributed by atoms with E-state index in [2.05, 4.69) is 0 Å². The maximum Gasteiger partial charge on any atom is 0 e. The molecule has 1 aliphatic carbocycles. The maximum absolute atomic E-state index is 1.50. The van der Waals surface area contributed by atoms with Crippen LogP contribution in [0.4, 0.5) is 0 Å². The second-order valence-corrected chi connectivity index (χ2v) is 1.77. The van der Waals surface area contributed by atoms with Crippen molar-refractivity contribution < 1.29 is 6.15 Å². The van der Waals surface area contributed by atoms with Gasteiger partial charge in [-0.3, -0.25) is 0 Å². The van der Waals surface area contributed by atoms with Gasteiger partial charge in [-0.15, -0.1) is 0 Å². The Balaban J connectivity index is 0.000000250. The minimum Gasteiger partial charge on any atom is -0.0533 e. The van der Waals surface area contributed by atoms with E-state index in [1.54, 1.807) is 0 Å². The van der Waals surface area contributed by atoms with Crippen LogP contribution in [0.1, 0.15) is 32.1 Å². The van der Waals surface area contributed by atoms with E-state index >= 15 is 0 Å². The van der Waals surface area contributed by atoms with Crippen LogP contribution in [-0.2, 0) is 0 Å². The summed E-state index contributed by atoms with van der Waals surface area (Å²) in [5, 5.41) is 0. The van der Waals surface area contributed by atoms with E-state index in [4.69, 9.17) is 0 Å². The van der Waals surface area contributed by atoms with Gasteiger partial charge in [-0.25, -0.2) is 0 Å². The Hall–Kier alpha value is -0.0909. The zero-order chi connectivity index (χ0) is 3.54. The summed E-state index contributed by atoms with van der Waals surface area (Å²) < 4.78 is 0. The van der Waals surface area contributed by atoms with Crippen LogP contribution in [0.3, 0.4) is 0 Å². The van der Waals surface area contributed by atoms with Crippen molar-refractivity contribution in [3.8, 4) is 0 Å².